The van der Waals surface area contributed by atoms with Crippen LogP contribution in [0.2, 0.25) is 0 Å². The van der Waals surface area contributed by atoms with Crippen molar-refractivity contribution in [3.63, 3.8) is 0 Å². The zero-order chi connectivity index (χ0) is 19.6. The first-order valence-electron chi connectivity index (χ1n) is 10.4. The molecule has 1 aliphatic heterocycles. The van der Waals surface area contributed by atoms with Gasteiger partial charge in [-0.1, -0.05) is 46.0 Å². The Kier molecular flexibility index (Phi) is 6.09. The van der Waals surface area contributed by atoms with Gasteiger partial charge in [-0.25, -0.2) is 4.39 Å². The van der Waals surface area contributed by atoms with Gasteiger partial charge >= 0.3 is 0 Å². The van der Waals surface area contributed by atoms with E-state index in [9.17, 15) is 9.18 Å². The molecule has 3 N–H and O–H groups in total. The van der Waals surface area contributed by atoms with Crippen LogP contribution in [0.5, 0.6) is 0 Å². The maximum Gasteiger partial charge on any atom is 0.237 e. The van der Waals surface area contributed by atoms with E-state index < -0.39 is 6.04 Å². The van der Waals surface area contributed by atoms with Crippen LogP contribution >= 0.6 is 0 Å². The highest BCUT2D eigenvalue weighted by Crippen LogP contribution is 2.40. The third kappa shape index (κ3) is 4.81. The molecule has 2 atom stereocenters. The van der Waals surface area contributed by atoms with Gasteiger partial charge in [-0.3, -0.25) is 4.79 Å². The lowest BCUT2D eigenvalue weighted by molar-refractivity contribution is -0.123. The number of benzene rings is 1. The maximum absolute atomic E-state index is 13.7. The summed E-state index contributed by atoms with van der Waals surface area (Å²) in [7, 11) is 0. The average Bonchev–Trinajstić information content (AvgIpc) is 2.85. The van der Waals surface area contributed by atoms with Crippen molar-refractivity contribution >= 4 is 11.6 Å². The minimum Gasteiger partial charge on any atom is -0.368 e. The normalized spacial score (nSPS) is 21.6. The molecule has 1 saturated carbocycles. The van der Waals surface area contributed by atoms with Gasteiger partial charge in [0.2, 0.25) is 5.91 Å². The molecule has 1 aromatic rings. The van der Waals surface area contributed by atoms with Crippen LogP contribution in [-0.2, 0) is 10.2 Å². The standard InChI is InChI=1S/C22H34FN3O/c1-15(25-21(27)19(24)11-16-7-5-4-6-8-16)13-26-14-22(2,3)18-12-17(23)9-10-20(18)26/h9-10,12,15-16,19H,4-8,11,13-14,24H2,1-3H3,(H,25,27)/t15-,19-/m0/s1. The van der Waals surface area contributed by atoms with Crippen LogP contribution in [0.25, 0.3) is 0 Å². The molecule has 0 saturated heterocycles. The van der Waals surface area contributed by atoms with E-state index in [2.05, 4.69) is 24.1 Å². The molecule has 150 valence electrons. The highest BCUT2D eigenvalue weighted by molar-refractivity contribution is 5.81. The summed E-state index contributed by atoms with van der Waals surface area (Å²) in [6.45, 7) is 7.80. The third-order valence-electron chi connectivity index (χ3n) is 6.15. The Morgan fingerprint density at radius 1 is 1.33 bits per heavy atom. The van der Waals surface area contributed by atoms with Gasteiger partial charge in [0, 0.05) is 30.2 Å². The quantitative estimate of drug-likeness (QED) is 0.797. The van der Waals surface area contributed by atoms with Gasteiger partial charge in [0.1, 0.15) is 5.82 Å². The number of carbonyl (C=O) groups is 1. The molecule has 27 heavy (non-hydrogen) atoms. The summed E-state index contributed by atoms with van der Waals surface area (Å²) in [5.74, 6) is 0.348. The predicted octanol–water partition coefficient (Wildman–Crippen LogP) is 3.73. The minimum absolute atomic E-state index is 0.0123. The fourth-order valence-electron chi connectivity index (χ4n) is 4.75. The Hall–Kier alpha value is -1.62. The van der Waals surface area contributed by atoms with E-state index in [0.29, 0.717) is 12.5 Å². The van der Waals surface area contributed by atoms with E-state index in [1.165, 1.54) is 38.2 Å². The number of nitrogens with two attached hydrogens (primary N) is 1. The topological polar surface area (TPSA) is 58.4 Å². The molecule has 4 nitrogen and oxygen atoms in total. The number of nitrogens with one attached hydrogen (secondary N) is 1. The van der Waals surface area contributed by atoms with E-state index >= 15 is 0 Å². The second-order valence-electron chi connectivity index (χ2n) is 9.18. The van der Waals surface area contributed by atoms with E-state index in [0.717, 1.165) is 24.2 Å². The van der Waals surface area contributed by atoms with Gasteiger partial charge in [0.05, 0.1) is 6.04 Å². The van der Waals surface area contributed by atoms with Crippen molar-refractivity contribution in [1.29, 1.82) is 0 Å². The van der Waals surface area contributed by atoms with Gasteiger partial charge in [-0.05, 0) is 43.0 Å². The van der Waals surface area contributed by atoms with E-state index in [4.69, 9.17) is 5.73 Å². The molecule has 1 fully saturated rings. The molecule has 0 radical (unpaired) electrons. The molecular formula is C22H34FN3O. The van der Waals surface area contributed by atoms with Crippen molar-refractivity contribution in [3.05, 3.63) is 29.6 Å². The summed E-state index contributed by atoms with van der Waals surface area (Å²) in [6, 6.07) is 4.56. The third-order valence-corrected chi connectivity index (χ3v) is 6.15. The second kappa shape index (κ2) is 8.17. The summed E-state index contributed by atoms with van der Waals surface area (Å²) in [5.41, 5.74) is 8.18. The van der Waals surface area contributed by atoms with Gasteiger partial charge < -0.3 is 16.0 Å². The first-order chi connectivity index (χ1) is 12.8. The number of rotatable bonds is 6. The summed E-state index contributed by atoms with van der Waals surface area (Å²) in [5, 5.41) is 3.09. The lowest BCUT2D eigenvalue weighted by Gasteiger charge is -2.28. The van der Waals surface area contributed by atoms with Gasteiger partial charge in [0.15, 0.2) is 0 Å². The second-order valence-corrected chi connectivity index (χ2v) is 9.18. The smallest absolute Gasteiger partial charge is 0.237 e. The van der Waals surface area contributed by atoms with Crippen molar-refractivity contribution in [1.82, 2.24) is 5.32 Å². The lowest BCUT2D eigenvalue weighted by Crippen LogP contribution is -2.49. The summed E-state index contributed by atoms with van der Waals surface area (Å²) >= 11 is 0. The van der Waals surface area contributed by atoms with Crippen LogP contribution in [0.4, 0.5) is 10.1 Å². The monoisotopic (exact) mass is 375 g/mol. The highest BCUT2D eigenvalue weighted by atomic mass is 19.1. The Morgan fingerprint density at radius 2 is 2.04 bits per heavy atom. The van der Waals surface area contributed by atoms with Crippen molar-refractivity contribution in [2.24, 2.45) is 11.7 Å². The van der Waals surface area contributed by atoms with Crippen LogP contribution in [0.1, 0.15) is 64.9 Å². The van der Waals surface area contributed by atoms with E-state index in [1.807, 2.05) is 13.0 Å². The molecule has 1 aliphatic carbocycles. The molecule has 2 aliphatic rings. The van der Waals surface area contributed by atoms with Crippen molar-refractivity contribution < 1.29 is 9.18 Å². The van der Waals surface area contributed by atoms with Gasteiger partial charge in [-0.15, -0.1) is 0 Å². The largest absolute Gasteiger partial charge is 0.368 e. The number of amides is 1. The summed E-state index contributed by atoms with van der Waals surface area (Å²) in [4.78, 5) is 14.8. The van der Waals surface area contributed by atoms with Gasteiger partial charge in [-0.2, -0.15) is 0 Å². The molecule has 1 heterocycles. The van der Waals surface area contributed by atoms with E-state index in [1.54, 1.807) is 6.07 Å². The van der Waals surface area contributed by atoms with Crippen LogP contribution in [-0.4, -0.2) is 31.1 Å². The van der Waals surface area contributed by atoms with E-state index in [-0.39, 0.29) is 23.2 Å². The molecule has 1 amide bonds. The lowest BCUT2D eigenvalue weighted by atomic mass is 9.85. The van der Waals surface area contributed by atoms with Gasteiger partial charge in [0.25, 0.3) is 0 Å². The molecule has 0 unspecified atom stereocenters. The average molecular weight is 376 g/mol. The Balaban J connectivity index is 1.55. The molecule has 3 rings (SSSR count). The molecule has 5 heteroatoms. The minimum atomic E-state index is -0.424. The first-order valence-corrected chi connectivity index (χ1v) is 10.4. The Labute approximate surface area is 162 Å². The summed E-state index contributed by atoms with van der Waals surface area (Å²) < 4.78 is 13.7. The number of hydrogen-bond donors (Lipinski definition) is 2. The SMILES string of the molecule is C[C@@H](CN1CC(C)(C)c2cc(F)ccc21)NC(=O)[C@@H](N)CC1CCCCC1. The maximum atomic E-state index is 13.7. The molecular weight excluding hydrogens is 341 g/mol. The predicted molar refractivity (Wildman–Crippen MR) is 108 cm³/mol. The molecule has 1 aromatic carbocycles. The van der Waals surface area contributed by atoms with Crippen LogP contribution in [0.3, 0.4) is 0 Å². The zero-order valence-electron chi connectivity index (χ0n) is 16.9. The van der Waals surface area contributed by atoms with Crippen LogP contribution in [0, 0.1) is 11.7 Å². The first kappa shape index (κ1) is 20.1. The van der Waals surface area contributed by atoms with Crippen LogP contribution in [0.15, 0.2) is 18.2 Å². The zero-order valence-corrected chi connectivity index (χ0v) is 16.9. The number of anilines is 1. The number of carbonyl (C=O) groups excluding carboxylic acids is 1. The molecule has 0 aromatic heterocycles. The van der Waals surface area contributed by atoms with Crippen molar-refractivity contribution in [2.75, 3.05) is 18.0 Å². The fraction of sp³-hybridized carbons (Fsp3) is 0.682. The van der Waals surface area contributed by atoms with Crippen LogP contribution < -0.4 is 16.0 Å². The Morgan fingerprint density at radius 3 is 2.74 bits per heavy atom. The van der Waals surface area contributed by atoms with Crippen molar-refractivity contribution in [3.8, 4) is 0 Å². The Bertz CT molecular complexity index is 670. The van der Waals surface area contributed by atoms with Crippen molar-refractivity contribution in [2.45, 2.75) is 76.8 Å². The highest BCUT2D eigenvalue weighted by Gasteiger charge is 2.36. The fourth-order valence-corrected chi connectivity index (χ4v) is 4.75. The molecule has 0 bridgehead atoms. The number of fused-ring (bicyclic) bond motifs is 1. The summed E-state index contributed by atoms with van der Waals surface area (Å²) in [6.07, 6.45) is 7.03. The number of hydrogen-bond acceptors (Lipinski definition) is 3. The molecule has 0 spiro atoms. The number of nitrogens with zero attached hydrogens (tertiary/aromatic N) is 1. The number of halogens is 1.